The lowest BCUT2D eigenvalue weighted by Gasteiger charge is -2.13. The maximum atomic E-state index is 2.63. The topological polar surface area (TPSA) is 7.12 Å². The Morgan fingerprint density at radius 2 is 1.52 bits per heavy atom. The molecule has 5 rings (SSSR count). The van der Waals surface area contributed by atoms with Crippen LogP contribution in [0.5, 0.6) is 0 Å². The van der Waals surface area contributed by atoms with Crippen molar-refractivity contribution >= 4 is 27.5 Å². The number of para-hydroxylation sites is 1. The number of hydrogen-bond acceptors (Lipinski definition) is 1. The monoisotopic (exact) mass is 340 g/mol. The van der Waals surface area contributed by atoms with E-state index in [-0.39, 0.29) is 17.0 Å². The number of aromatic nitrogens is 1. The zero-order valence-electron chi connectivity index (χ0n) is 11.8. The second kappa shape index (κ2) is 4.70. The molecule has 0 bridgehead atoms. The second-order valence-electron chi connectivity index (χ2n) is 5.96. The number of hydrogen-bond donors (Lipinski definition) is 0. The van der Waals surface area contributed by atoms with Crippen molar-refractivity contribution in [3.8, 4) is 0 Å². The predicted molar refractivity (Wildman–Crippen MR) is 82.0 cm³/mol. The van der Waals surface area contributed by atoms with Gasteiger partial charge in [0.25, 0.3) is 5.82 Å². The molecule has 0 radical (unpaired) electrons. The van der Waals surface area contributed by atoms with Gasteiger partial charge in [0.15, 0.2) is 0 Å². The maximum absolute atomic E-state index is 2.63. The van der Waals surface area contributed by atoms with E-state index < -0.39 is 0 Å². The van der Waals surface area contributed by atoms with Gasteiger partial charge in [-0.3, -0.25) is 4.90 Å². The van der Waals surface area contributed by atoms with E-state index in [0.717, 1.165) is 12.6 Å². The minimum atomic E-state index is 0. The van der Waals surface area contributed by atoms with Crippen molar-refractivity contribution in [1.29, 1.82) is 0 Å². The fourth-order valence-corrected chi connectivity index (χ4v) is 3.70. The molecule has 1 fully saturated rings. The van der Waals surface area contributed by atoms with E-state index in [1.54, 1.807) is 0 Å². The SMILES string of the molecule is [Br-].c1ccc2c(c1)c1[n+](c3ccccc23)CCN1C1CC1. The first-order chi connectivity index (χ1) is 9.93. The number of halogens is 1. The zero-order chi connectivity index (χ0) is 13.1. The van der Waals surface area contributed by atoms with Crippen molar-refractivity contribution in [3.05, 3.63) is 48.5 Å². The third-order valence-corrected chi connectivity index (χ3v) is 4.73. The Morgan fingerprint density at radius 1 is 0.857 bits per heavy atom. The normalized spacial score (nSPS) is 17.0. The van der Waals surface area contributed by atoms with Gasteiger partial charge in [0.2, 0.25) is 0 Å². The van der Waals surface area contributed by atoms with Crippen molar-refractivity contribution in [3.63, 3.8) is 0 Å². The van der Waals surface area contributed by atoms with Gasteiger partial charge in [-0.25, -0.2) is 4.57 Å². The molecule has 2 aromatic carbocycles. The van der Waals surface area contributed by atoms with Gasteiger partial charge in [-0.1, -0.05) is 36.4 Å². The first-order valence-electron chi connectivity index (χ1n) is 7.53. The van der Waals surface area contributed by atoms with Gasteiger partial charge in [-0.2, -0.15) is 0 Å². The number of benzene rings is 2. The van der Waals surface area contributed by atoms with Crippen molar-refractivity contribution in [2.75, 3.05) is 11.4 Å². The molecule has 106 valence electrons. The van der Waals surface area contributed by atoms with Crippen LogP contribution in [0.15, 0.2) is 48.5 Å². The van der Waals surface area contributed by atoms with E-state index in [2.05, 4.69) is 58.0 Å². The molecule has 0 saturated heterocycles. The van der Waals surface area contributed by atoms with Crippen LogP contribution >= 0.6 is 0 Å². The predicted octanol–water partition coefficient (Wildman–Crippen LogP) is 0.267. The van der Waals surface area contributed by atoms with Crippen molar-refractivity contribution in [2.24, 2.45) is 0 Å². The molecular formula is C18H17BrN2. The molecule has 0 spiro atoms. The van der Waals surface area contributed by atoms with Crippen molar-refractivity contribution in [1.82, 2.24) is 0 Å². The highest BCUT2D eigenvalue weighted by molar-refractivity contribution is 6.08. The minimum Gasteiger partial charge on any atom is -1.00 e. The van der Waals surface area contributed by atoms with E-state index >= 15 is 0 Å². The molecule has 21 heavy (non-hydrogen) atoms. The molecule has 1 aliphatic carbocycles. The molecule has 3 heteroatoms. The van der Waals surface area contributed by atoms with Gasteiger partial charge in [0.05, 0.1) is 11.4 Å². The standard InChI is InChI=1S/C18H17N2.BrH/c1-2-7-16-14(5-1)15-6-3-4-8-17(15)20-12-11-19(18(16)20)13-9-10-13;/h1-8,13H,9-12H2;1H/q+1;/p-1. The highest BCUT2D eigenvalue weighted by atomic mass is 79.9. The lowest BCUT2D eigenvalue weighted by atomic mass is 10.1. The molecule has 2 heterocycles. The van der Waals surface area contributed by atoms with Gasteiger partial charge >= 0.3 is 0 Å². The Morgan fingerprint density at radius 3 is 2.29 bits per heavy atom. The van der Waals surface area contributed by atoms with E-state index in [1.165, 1.54) is 46.9 Å². The first kappa shape index (κ1) is 13.1. The molecule has 3 aromatic rings. The lowest BCUT2D eigenvalue weighted by molar-refractivity contribution is -0.643. The van der Waals surface area contributed by atoms with E-state index in [0.29, 0.717) is 0 Å². The average Bonchev–Trinajstić information content (AvgIpc) is 3.26. The number of anilines is 1. The van der Waals surface area contributed by atoms with Crippen molar-refractivity contribution in [2.45, 2.75) is 25.4 Å². The summed E-state index contributed by atoms with van der Waals surface area (Å²) in [6.07, 6.45) is 2.72. The van der Waals surface area contributed by atoms with Crippen molar-refractivity contribution < 1.29 is 21.5 Å². The Kier molecular flexibility index (Phi) is 2.93. The summed E-state index contributed by atoms with van der Waals surface area (Å²) in [4.78, 5) is 2.63. The summed E-state index contributed by atoms with van der Waals surface area (Å²) in [5.74, 6) is 1.45. The van der Waals surface area contributed by atoms with Crippen LogP contribution in [-0.4, -0.2) is 12.6 Å². The third-order valence-electron chi connectivity index (χ3n) is 4.73. The zero-order valence-corrected chi connectivity index (χ0v) is 13.4. The van der Waals surface area contributed by atoms with Gasteiger partial charge in [-0.15, -0.1) is 0 Å². The summed E-state index contributed by atoms with van der Waals surface area (Å²) < 4.78 is 2.52. The van der Waals surface area contributed by atoms with Gasteiger partial charge in [-0.05, 0) is 25.0 Å². The van der Waals surface area contributed by atoms with E-state index in [9.17, 15) is 0 Å². The summed E-state index contributed by atoms with van der Waals surface area (Å²) in [5.41, 5.74) is 1.38. The fraction of sp³-hybridized carbons (Fsp3) is 0.278. The van der Waals surface area contributed by atoms with Crippen LogP contribution in [0.1, 0.15) is 12.8 Å². The number of fused-ring (bicyclic) bond motifs is 6. The second-order valence-corrected chi connectivity index (χ2v) is 5.96. The average molecular weight is 341 g/mol. The largest absolute Gasteiger partial charge is 1.00 e. The first-order valence-corrected chi connectivity index (χ1v) is 7.53. The molecule has 1 saturated carbocycles. The third kappa shape index (κ3) is 1.80. The van der Waals surface area contributed by atoms with Crippen LogP contribution in [0.2, 0.25) is 0 Å². The quantitative estimate of drug-likeness (QED) is 0.455. The highest BCUT2D eigenvalue weighted by Crippen LogP contribution is 2.38. The summed E-state index contributed by atoms with van der Waals surface area (Å²) in [7, 11) is 0. The number of rotatable bonds is 1. The van der Waals surface area contributed by atoms with Crippen LogP contribution in [0.3, 0.4) is 0 Å². The molecular weight excluding hydrogens is 324 g/mol. The summed E-state index contributed by atoms with van der Waals surface area (Å²) in [6.45, 7) is 2.29. The van der Waals surface area contributed by atoms with Crippen LogP contribution in [-0.2, 0) is 6.54 Å². The van der Waals surface area contributed by atoms with Crippen LogP contribution < -0.4 is 26.4 Å². The Bertz CT molecular complexity index is 839. The molecule has 0 unspecified atom stereocenters. The number of nitrogens with zero attached hydrogens (tertiary/aromatic N) is 2. The van der Waals surface area contributed by atoms with Crippen LogP contribution in [0.4, 0.5) is 5.82 Å². The Balaban J connectivity index is 0.00000115. The van der Waals surface area contributed by atoms with Crippen LogP contribution in [0.25, 0.3) is 21.7 Å². The van der Waals surface area contributed by atoms with Crippen LogP contribution in [0, 0.1) is 0 Å². The highest BCUT2D eigenvalue weighted by Gasteiger charge is 2.42. The minimum absolute atomic E-state index is 0. The molecule has 1 aliphatic heterocycles. The van der Waals surface area contributed by atoms with E-state index in [1.807, 2.05) is 0 Å². The number of pyridine rings is 1. The summed E-state index contributed by atoms with van der Waals surface area (Å²) in [6, 6.07) is 18.5. The fourth-order valence-electron chi connectivity index (χ4n) is 3.70. The maximum Gasteiger partial charge on any atom is 0.285 e. The van der Waals surface area contributed by atoms with E-state index in [4.69, 9.17) is 0 Å². The van der Waals surface area contributed by atoms with Gasteiger partial charge in [0, 0.05) is 10.8 Å². The molecule has 0 amide bonds. The summed E-state index contributed by atoms with van der Waals surface area (Å²) in [5, 5.41) is 4.18. The summed E-state index contributed by atoms with van der Waals surface area (Å²) >= 11 is 0. The lowest BCUT2D eigenvalue weighted by Crippen LogP contribution is -3.00. The van der Waals surface area contributed by atoms with Gasteiger partial charge in [0.1, 0.15) is 18.6 Å². The molecule has 2 aliphatic rings. The van der Waals surface area contributed by atoms with Gasteiger partial charge < -0.3 is 17.0 Å². The smallest absolute Gasteiger partial charge is 0.285 e. The Hall–Kier alpha value is -1.61. The molecule has 1 aromatic heterocycles. The molecule has 0 atom stereocenters. The molecule has 0 N–H and O–H groups in total. The Labute approximate surface area is 134 Å². The molecule has 2 nitrogen and oxygen atoms in total.